The van der Waals surface area contributed by atoms with Crippen LogP contribution in [0.15, 0.2) is 48.5 Å². The van der Waals surface area contributed by atoms with E-state index < -0.39 is 5.97 Å². The minimum Gasteiger partial charge on any atom is -0.494 e. The Labute approximate surface area is 255 Å². The van der Waals surface area contributed by atoms with Crippen LogP contribution in [0.3, 0.4) is 0 Å². The summed E-state index contributed by atoms with van der Waals surface area (Å²) in [7, 11) is 0. The third kappa shape index (κ3) is 12.7. The lowest BCUT2D eigenvalue weighted by molar-refractivity contribution is -0.137. The van der Waals surface area contributed by atoms with Crippen LogP contribution in [-0.2, 0) is 4.79 Å². The van der Waals surface area contributed by atoms with Gasteiger partial charge in [0, 0.05) is 36.7 Å². The Kier molecular flexibility index (Phi) is 15.7. The zero-order valence-corrected chi connectivity index (χ0v) is 25.2. The number of carboxylic acids is 1. The smallest absolute Gasteiger partial charge is 0.303 e. The van der Waals surface area contributed by atoms with E-state index in [1.165, 1.54) is 0 Å². The molecule has 1 aliphatic heterocycles. The number of unbranched alkanes of at least 4 members (excludes halogenated alkanes) is 2. The maximum absolute atomic E-state index is 10.9. The van der Waals surface area contributed by atoms with E-state index >= 15 is 0 Å². The molecular formula is C31H47ClN6O4. The molecular weight excluding hydrogens is 556 g/mol. The van der Waals surface area contributed by atoms with E-state index in [-0.39, 0.29) is 30.5 Å². The molecule has 10 nitrogen and oxygen atoms in total. The summed E-state index contributed by atoms with van der Waals surface area (Å²) in [6.07, 6.45) is 7.01. The lowest BCUT2D eigenvalue weighted by atomic mass is 10.0. The Morgan fingerprint density at radius 2 is 1.31 bits per heavy atom. The number of halogens is 1. The number of piperidine rings is 1. The summed E-state index contributed by atoms with van der Waals surface area (Å²) in [5.41, 5.74) is 12.4. The molecule has 0 aromatic heterocycles. The second-order valence-electron chi connectivity index (χ2n) is 10.6. The molecule has 3 rings (SSSR count). The fraction of sp³-hybridized carbons (Fsp3) is 0.516. The minimum atomic E-state index is -0.723. The fourth-order valence-electron chi connectivity index (χ4n) is 5.15. The van der Waals surface area contributed by atoms with Crippen molar-refractivity contribution in [3.8, 4) is 11.5 Å². The summed E-state index contributed by atoms with van der Waals surface area (Å²) in [6.45, 7) is 6.33. The van der Waals surface area contributed by atoms with Gasteiger partial charge in [0.05, 0.1) is 13.2 Å². The van der Waals surface area contributed by atoms with Crippen molar-refractivity contribution in [2.24, 2.45) is 11.5 Å². The molecule has 7 N–H and O–H groups in total. The molecule has 1 saturated heterocycles. The maximum atomic E-state index is 10.9. The van der Waals surface area contributed by atoms with Gasteiger partial charge in [-0.25, -0.2) is 0 Å². The molecule has 0 atom stereocenters. The molecule has 232 valence electrons. The number of hydrogen-bond donors (Lipinski definition) is 5. The van der Waals surface area contributed by atoms with Crippen molar-refractivity contribution in [3.05, 3.63) is 59.7 Å². The van der Waals surface area contributed by atoms with Gasteiger partial charge in [0.25, 0.3) is 0 Å². The molecule has 0 spiro atoms. The topological polar surface area (TPSA) is 162 Å². The molecule has 1 heterocycles. The normalized spacial score (nSPS) is 13.8. The molecule has 42 heavy (non-hydrogen) atoms. The van der Waals surface area contributed by atoms with Gasteiger partial charge < -0.3 is 35.8 Å². The van der Waals surface area contributed by atoms with Gasteiger partial charge in [0.1, 0.15) is 23.2 Å². The number of carbonyl (C=O) groups is 1. The Hall–Kier alpha value is -3.34. The van der Waals surface area contributed by atoms with Crippen LogP contribution < -0.4 is 20.9 Å². The van der Waals surface area contributed by atoms with Crippen LogP contribution in [0.4, 0.5) is 0 Å². The number of carboxylic acid groups (broad SMARTS) is 1. The van der Waals surface area contributed by atoms with Gasteiger partial charge in [-0.1, -0.05) is 6.42 Å². The van der Waals surface area contributed by atoms with Crippen molar-refractivity contribution in [3.63, 3.8) is 0 Å². The van der Waals surface area contributed by atoms with Crippen LogP contribution in [0.25, 0.3) is 0 Å². The molecule has 0 saturated carbocycles. The number of nitrogens with zero attached hydrogens (tertiary/aromatic N) is 2. The average Bonchev–Trinajstić information content (AvgIpc) is 2.97. The van der Waals surface area contributed by atoms with Crippen LogP contribution in [0.2, 0.25) is 0 Å². The van der Waals surface area contributed by atoms with Gasteiger partial charge in [0.2, 0.25) is 0 Å². The molecule has 0 radical (unpaired) electrons. The molecule has 0 aliphatic carbocycles. The number of nitrogens with one attached hydrogen (secondary N) is 2. The first-order chi connectivity index (χ1) is 19.8. The summed E-state index contributed by atoms with van der Waals surface area (Å²) in [4.78, 5) is 15.9. The van der Waals surface area contributed by atoms with E-state index in [9.17, 15) is 4.79 Å². The third-order valence-electron chi connectivity index (χ3n) is 7.49. The number of likely N-dealkylation sites (tertiary alicyclic amines) is 1. The van der Waals surface area contributed by atoms with Crippen molar-refractivity contribution >= 4 is 30.0 Å². The van der Waals surface area contributed by atoms with Gasteiger partial charge in [-0.3, -0.25) is 15.6 Å². The van der Waals surface area contributed by atoms with Crippen molar-refractivity contribution in [2.45, 2.75) is 57.4 Å². The standard InChI is InChI=1S/C31H46N6O4.ClH/c32-30(33)24-7-11-27(12-8-24)40-22-4-17-36-20-15-26(16-21-36)37(18-3-1-2-6-29(38)39)19-5-23-41-28-13-9-25(10-14-28)31(34)35;/h7-14,26H,1-6,15-23H2,(H3,32,33)(H3,34,35)(H,38,39);1H. The highest BCUT2D eigenvalue weighted by atomic mass is 35.5. The summed E-state index contributed by atoms with van der Waals surface area (Å²) in [5, 5.41) is 23.9. The van der Waals surface area contributed by atoms with Crippen LogP contribution in [-0.4, -0.2) is 84.5 Å². The first-order valence-corrected chi connectivity index (χ1v) is 14.6. The van der Waals surface area contributed by atoms with E-state index in [2.05, 4.69) is 9.80 Å². The second-order valence-corrected chi connectivity index (χ2v) is 10.6. The Balaban J connectivity index is 0.00000616. The number of nitrogen functional groups attached to an aromatic ring is 2. The number of rotatable bonds is 19. The highest BCUT2D eigenvalue weighted by molar-refractivity contribution is 5.95. The highest BCUT2D eigenvalue weighted by Gasteiger charge is 2.24. The third-order valence-corrected chi connectivity index (χ3v) is 7.49. The number of hydrogen-bond acceptors (Lipinski definition) is 7. The van der Waals surface area contributed by atoms with Crippen LogP contribution in [0, 0.1) is 10.8 Å². The first-order valence-electron chi connectivity index (χ1n) is 14.6. The van der Waals surface area contributed by atoms with E-state index in [4.69, 9.17) is 36.9 Å². The van der Waals surface area contributed by atoms with Gasteiger partial charge in [-0.2, -0.15) is 0 Å². The number of nitrogens with two attached hydrogens (primary N) is 2. The number of benzene rings is 2. The monoisotopic (exact) mass is 602 g/mol. The molecule has 1 aliphatic rings. The number of aliphatic carboxylic acids is 1. The zero-order chi connectivity index (χ0) is 29.5. The van der Waals surface area contributed by atoms with Crippen molar-refractivity contribution in [1.29, 1.82) is 10.8 Å². The quantitative estimate of drug-likeness (QED) is 0.0901. The van der Waals surface area contributed by atoms with E-state index in [0.717, 1.165) is 89.2 Å². The summed E-state index contributed by atoms with van der Waals surface area (Å²) >= 11 is 0. The van der Waals surface area contributed by atoms with Crippen LogP contribution in [0.5, 0.6) is 11.5 Å². The van der Waals surface area contributed by atoms with E-state index in [0.29, 0.717) is 30.4 Å². The lowest BCUT2D eigenvalue weighted by Gasteiger charge is -2.38. The summed E-state index contributed by atoms with van der Waals surface area (Å²) in [5.74, 6) is 0.957. The summed E-state index contributed by atoms with van der Waals surface area (Å²) < 4.78 is 11.8. The van der Waals surface area contributed by atoms with Gasteiger partial charge >= 0.3 is 5.97 Å². The number of amidine groups is 2. The first kappa shape index (κ1) is 34.9. The molecule has 1 fully saturated rings. The zero-order valence-electron chi connectivity index (χ0n) is 24.4. The molecule has 11 heteroatoms. The lowest BCUT2D eigenvalue weighted by Crippen LogP contribution is -2.46. The maximum Gasteiger partial charge on any atom is 0.303 e. The van der Waals surface area contributed by atoms with Crippen molar-refractivity contribution in [2.75, 3.05) is 45.9 Å². The minimum absolute atomic E-state index is 0. The van der Waals surface area contributed by atoms with Gasteiger partial charge in [-0.15, -0.1) is 12.4 Å². The summed E-state index contributed by atoms with van der Waals surface area (Å²) in [6, 6.07) is 15.1. The van der Waals surface area contributed by atoms with Crippen LogP contribution in [0.1, 0.15) is 62.5 Å². The molecule has 0 amide bonds. The second kappa shape index (κ2) is 19.0. The van der Waals surface area contributed by atoms with E-state index in [1.807, 2.05) is 24.3 Å². The van der Waals surface area contributed by atoms with E-state index in [1.54, 1.807) is 24.3 Å². The highest BCUT2D eigenvalue weighted by Crippen LogP contribution is 2.19. The van der Waals surface area contributed by atoms with Crippen molar-refractivity contribution < 1.29 is 19.4 Å². The predicted molar refractivity (Wildman–Crippen MR) is 170 cm³/mol. The predicted octanol–water partition coefficient (Wildman–Crippen LogP) is 4.33. The Morgan fingerprint density at radius 3 is 1.81 bits per heavy atom. The average molecular weight is 603 g/mol. The Bertz CT molecular complexity index is 1090. The SMILES string of the molecule is Cl.N=C(N)c1ccc(OCCCN2CCC(N(CCCCCC(=O)O)CCCOc3ccc(C(=N)N)cc3)CC2)cc1. The van der Waals surface area contributed by atoms with Crippen molar-refractivity contribution in [1.82, 2.24) is 9.80 Å². The number of ether oxygens (including phenoxy) is 2. The fourth-order valence-corrected chi connectivity index (χ4v) is 5.15. The van der Waals surface area contributed by atoms with Gasteiger partial charge in [0.15, 0.2) is 0 Å². The van der Waals surface area contributed by atoms with Crippen LogP contribution >= 0.6 is 12.4 Å². The molecule has 0 unspecified atom stereocenters. The Morgan fingerprint density at radius 1 is 0.810 bits per heavy atom. The molecule has 0 bridgehead atoms. The largest absolute Gasteiger partial charge is 0.494 e. The molecule has 2 aromatic carbocycles. The molecule has 2 aromatic rings. The van der Waals surface area contributed by atoms with Gasteiger partial charge in [-0.05, 0) is 107 Å².